The van der Waals surface area contributed by atoms with E-state index in [4.69, 9.17) is 4.74 Å². The molecule has 104 valence electrons. The largest absolute Gasteiger partial charge is 0.497 e. The monoisotopic (exact) mass is 275 g/mol. The molecule has 0 aliphatic heterocycles. The molecule has 0 N–H and O–H groups in total. The van der Waals surface area contributed by atoms with Gasteiger partial charge >= 0.3 is 5.97 Å². The van der Waals surface area contributed by atoms with Gasteiger partial charge in [-0.25, -0.2) is 9.48 Å². The van der Waals surface area contributed by atoms with Gasteiger partial charge in [0.15, 0.2) is 11.5 Å². The van der Waals surface area contributed by atoms with Crippen LogP contribution in [-0.2, 0) is 11.3 Å². The van der Waals surface area contributed by atoms with E-state index in [0.717, 1.165) is 0 Å². The summed E-state index contributed by atoms with van der Waals surface area (Å²) >= 11 is 0. The molecule has 1 aromatic heterocycles. The molecule has 2 aromatic rings. The van der Waals surface area contributed by atoms with E-state index in [1.807, 2.05) is 0 Å². The summed E-state index contributed by atoms with van der Waals surface area (Å²) in [7, 11) is 2.78. The number of carbonyl (C=O) groups is 2. The van der Waals surface area contributed by atoms with Crippen molar-refractivity contribution in [1.29, 1.82) is 0 Å². The van der Waals surface area contributed by atoms with Crippen molar-refractivity contribution >= 4 is 11.8 Å². The lowest BCUT2D eigenvalue weighted by Crippen LogP contribution is -2.11. The zero-order valence-corrected chi connectivity index (χ0v) is 11.1. The Morgan fingerprint density at radius 3 is 2.80 bits per heavy atom. The van der Waals surface area contributed by atoms with E-state index in [-0.39, 0.29) is 18.0 Å². The average Bonchev–Trinajstić information content (AvgIpc) is 2.95. The van der Waals surface area contributed by atoms with Crippen LogP contribution in [0.3, 0.4) is 0 Å². The van der Waals surface area contributed by atoms with Gasteiger partial charge in [0.25, 0.3) is 0 Å². The Bertz CT molecular complexity index is 636. The van der Waals surface area contributed by atoms with Crippen LogP contribution in [0.25, 0.3) is 0 Å². The molecule has 0 amide bonds. The number of methoxy groups -OCH3 is 2. The van der Waals surface area contributed by atoms with Crippen molar-refractivity contribution in [3.8, 4) is 5.75 Å². The first kappa shape index (κ1) is 13.7. The van der Waals surface area contributed by atoms with Crippen molar-refractivity contribution < 1.29 is 19.1 Å². The lowest BCUT2D eigenvalue weighted by atomic mass is 10.1. The van der Waals surface area contributed by atoms with Gasteiger partial charge in [-0.3, -0.25) is 4.79 Å². The highest BCUT2D eigenvalue weighted by Gasteiger charge is 2.13. The molecule has 0 saturated carbocycles. The van der Waals surface area contributed by atoms with Crippen LogP contribution in [0, 0.1) is 0 Å². The van der Waals surface area contributed by atoms with Gasteiger partial charge in [-0.05, 0) is 12.1 Å². The van der Waals surface area contributed by atoms with Gasteiger partial charge in [-0.2, -0.15) is 0 Å². The maximum Gasteiger partial charge on any atom is 0.360 e. The topological polar surface area (TPSA) is 83.3 Å². The Morgan fingerprint density at radius 1 is 1.30 bits per heavy atom. The molecule has 7 heteroatoms. The van der Waals surface area contributed by atoms with E-state index in [1.54, 1.807) is 24.3 Å². The van der Waals surface area contributed by atoms with E-state index < -0.39 is 5.97 Å². The van der Waals surface area contributed by atoms with Crippen molar-refractivity contribution in [2.75, 3.05) is 14.2 Å². The Labute approximate surface area is 115 Å². The van der Waals surface area contributed by atoms with Crippen molar-refractivity contribution in [2.45, 2.75) is 6.54 Å². The second-order valence-corrected chi connectivity index (χ2v) is 3.95. The first-order valence-corrected chi connectivity index (χ1v) is 5.79. The highest BCUT2D eigenvalue weighted by Crippen LogP contribution is 2.13. The maximum atomic E-state index is 12.1. The molecular weight excluding hydrogens is 262 g/mol. The Kier molecular flexibility index (Phi) is 4.09. The summed E-state index contributed by atoms with van der Waals surface area (Å²) in [5.41, 5.74) is 0.561. The lowest BCUT2D eigenvalue weighted by molar-refractivity contribution is 0.0593. The number of hydrogen-bond donors (Lipinski definition) is 0. The Hall–Kier alpha value is -2.70. The van der Waals surface area contributed by atoms with Crippen LogP contribution in [-0.4, -0.2) is 41.0 Å². The maximum absolute atomic E-state index is 12.1. The smallest absolute Gasteiger partial charge is 0.360 e. The average molecular weight is 275 g/mol. The van der Waals surface area contributed by atoms with Gasteiger partial charge in [-0.1, -0.05) is 17.3 Å². The second kappa shape index (κ2) is 5.96. The molecule has 20 heavy (non-hydrogen) atoms. The van der Waals surface area contributed by atoms with Crippen molar-refractivity contribution in [2.24, 2.45) is 0 Å². The number of benzene rings is 1. The fourth-order valence-corrected chi connectivity index (χ4v) is 1.61. The number of hydrogen-bond acceptors (Lipinski definition) is 6. The Balaban J connectivity index is 2.11. The zero-order chi connectivity index (χ0) is 14.5. The molecular formula is C13H13N3O4. The molecule has 0 radical (unpaired) electrons. The minimum atomic E-state index is -0.593. The molecule has 0 aliphatic carbocycles. The van der Waals surface area contributed by atoms with Crippen molar-refractivity contribution in [3.05, 3.63) is 41.7 Å². The standard InChI is InChI=1S/C13H13N3O4/c1-19-10-5-3-4-9(6-10)12(17)8-16-7-11(14-15-16)13(18)20-2/h3-7H,8H2,1-2H3. The van der Waals surface area contributed by atoms with Gasteiger partial charge in [-0.15, -0.1) is 5.10 Å². The molecule has 0 bridgehead atoms. The molecule has 2 rings (SSSR count). The summed E-state index contributed by atoms with van der Waals surface area (Å²) in [5.74, 6) is -0.153. The third kappa shape index (κ3) is 3.00. The minimum absolute atomic E-state index is 0.0167. The highest BCUT2D eigenvalue weighted by atomic mass is 16.5. The van der Waals surface area contributed by atoms with Gasteiger partial charge in [0.1, 0.15) is 12.3 Å². The number of esters is 1. The molecule has 1 aromatic carbocycles. The van der Waals surface area contributed by atoms with Crippen LogP contribution in [0.2, 0.25) is 0 Å². The number of ketones is 1. The van der Waals surface area contributed by atoms with Crippen LogP contribution in [0.1, 0.15) is 20.8 Å². The molecule has 0 atom stereocenters. The summed E-state index contributed by atoms with van der Waals surface area (Å²) in [5, 5.41) is 7.34. The zero-order valence-electron chi connectivity index (χ0n) is 11.1. The molecule has 0 unspecified atom stereocenters. The minimum Gasteiger partial charge on any atom is -0.497 e. The van der Waals surface area contributed by atoms with Crippen LogP contribution in [0.5, 0.6) is 5.75 Å². The quantitative estimate of drug-likeness (QED) is 0.597. The molecule has 0 aliphatic rings. The van der Waals surface area contributed by atoms with E-state index in [2.05, 4.69) is 15.0 Å². The van der Waals surface area contributed by atoms with E-state index in [1.165, 1.54) is 25.1 Å². The predicted molar refractivity (Wildman–Crippen MR) is 68.7 cm³/mol. The van der Waals surface area contributed by atoms with Gasteiger partial charge in [0, 0.05) is 5.56 Å². The SMILES string of the molecule is COC(=O)c1cn(CC(=O)c2cccc(OC)c2)nn1. The fraction of sp³-hybridized carbons (Fsp3) is 0.231. The summed E-state index contributed by atoms with van der Waals surface area (Å²) in [6.45, 7) is -0.0167. The van der Waals surface area contributed by atoms with Crippen LogP contribution in [0.4, 0.5) is 0 Å². The summed E-state index contributed by atoms with van der Waals surface area (Å²) in [6.07, 6.45) is 1.36. The molecule has 7 nitrogen and oxygen atoms in total. The number of carbonyl (C=O) groups excluding carboxylic acids is 2. The number of nitrogens with zero attached hydrogens (tertiary/aromatic N) is 3. The van der Waals surface area contributed by atoms with Crippen LogP contribution >= 0.6 is 0 Å². The first-order valence-electron chi connectivity index (χ1n) is 5.79. The van der Waals surface area contributed by atoms with E-state index in [9.17, 15) is 9.59 Å². The highest BCUT2D eigenvalue weighted by molar-refractivity contribution is 5.96. The Morgan fingerprint density at radius 2 is 2.10 bits per heavy atom. The predicted octanol–water partition coefficient (Wildman–Crippen LogP) is 0.956. The third-order valence-electron chi connectivity index (χ3n) is 2.63. The second-order valence-electron chi connectivity index (χ2n) is 3.95. The van der Waals surface area contributed by atoms with Crippen LogP contribution in [0.15, 0.2) is 30.5 Å². The summed E-state index contributed by atoms with van der Waals surface area (Å²) in [6, 6.07) is 6.80. The molecule has 0 fully saturated rings. The summed E-state index contributed by atoms with van der Waals surface area (Å²) in [4.78, 5) is 23.3. The number of rotatable bonds is 5. The molecule has 0 spiro atoms. The first-order chi connectivity index (χ1) is 9.63. The third-order valence-corrected chi connectivity index (χ3v) is 2.63. The number of ether oxygens (including phenoxy) is 2. The number of aromatic nitrogens is 3. The molecule has 1 heterocycles. The van der Waals surface area contributed by atoms with Crippen molar-refractivity contribution in [3.63, 3.8) is 0 Å². The van der Waals surface area contributed by atoms with Crippen molar-refractivity contribution in [1.82, 2.24) is 15.0 Å². The van der Waals surface area contributed by atoms with E-state index >= 15 is 0 Å². The van der Waals surface area contributed by atoms with E-state index in [0.29, 0.717) is 11.3 Å². The summed E-state index contributed by atoms with van der Waals surface area (Å²) < 4.78 is 10.9. The van der Waals surface area contributed by atoms with Crippen LogP contribution < -0.4 is 4.74 Å². The van der Waals surface area contributed by atoms with Gasteiger partial charge in [0.2, 0.25) is 0 Å². The molecule has 0 saturated heterocycles. The van der Waals surface area contributed by atoms with Gasteiger partial charge in [0.05, 0.1) is 20.4 Å². The normalized spacial score (nSPS) is 10.1. The van der Waals surface area contributed by atoms with Gasteiger partial charge < -0.3 is 9.47 Å². The number of Topliss-reactive ketones (excluding diaryl/α,β-unsaturated/α-hetero) is 1. The lowest BCUT2D eigenvalue weighted by Gasteiger charge is -2.03. The fourth-order valence-electron chi connectivity index (χ4n) is 1.61.